The van der Waals surface area contributed by atoms with Crippen LogP contribution in [0, 0.1) is 20.8 Å². The van der Waals surface area contributed by atoms with Gasteiger partial charge in [-0.15, -0.1) is 0 Å². The van der Waals surface area contributed by atoms with E-state index in [2.05, 4.69) is 36.2 Å². The van der Waals surface area contributed by atoms with Crippen molar-refractivity contribution in [1.29, 1.82) is 0 Å². The topological polar surface area (TPSA) is 37.3 Å². The van der Waals surface area contributed by atoms with Gasteiger partial charge in [-0.3, -0.25) is 9.69 Å². The highest BCUT2D eigenvalue weighted by atomic mass is 16.1. The smallest absolute Gasteiger partial charge is 0.251 e. The number of hydrogen-bond acceptors (Lipinski definition) is 3. The number of hydrogen-bond donors (Lipinski definition) is 1. The molecule has 128 valence electrons. The van der Waals surface area contributed by atoms with Gasteiger partial charge >= 0.3 is 0 Å². The van der Waals surface area contributed by atoms with Gasteiger partial charge in [-0.1, -0.05) is 17.7 Å². The Kier molecular flexibility index (Phi) is 5.17. The number of benzene rings is 1. The average Bonchev–Trinajstić information content (AvgIpc) is 2.54. The fourth-order valence-electron chi connectivity index (χ4n) is 3.47. The summed E-state index contributed by atoms with van der Waals surface area (Å²) in [6.07, 6.45) is 1.91. The van der Waals surface area contributed by atoms with Crippen molar-refractivity contribution in [2.75, 3.05) is 26.2 Å². The van der Waals surface area contributed by atoms with Crippen LogP contribution < -0.4 is 10.9 Å². The second kappa shape index (κ2) is 7.32. The summed E-state index contributed by atoms with van der Waals surface area (Å²) in [6, 6.07) is 8.19. The maximum Gasteiger partial charge on any atom is 0.251 e. The fourth-order valence-corrected chi connectivity index (χ4v) is 3.47. The van der Waals surface area contributed by atoms with Crippen LogP contribution in [0.3, 0.4) is 0 Å². The van der Waals surface area contributed by atoms with Crippen molar-refractivity contribution in [2.45, 2.75) is 33.9 Å². The summed E-state index contributed by atoms with van der Waals surface area (Å²) < 4.78 is 1.81. The first-order chi connectivity index (χ1) is 11.5. The quantitative estimate of drug-likeness (QED) is 0.937. The Morgan fingerprint density at radius 3 is 2.46 bits per heavy atom. The lowest BCUT2D eigenvalue weighted by molar-refractivity contribution is 0.232. The minimum absolute atomic E-state index is 0.0716. The lowest BCUT2D eigenvalue weighted by Crippen LogP contribution is -2.43. The predicted molar refractivity (Wildman–Crippen MR) is 98.6 cm³/mol. The van der Waals surface area contributed by atoms with Crippen LogP contribution >= 0.6 is 0 Å². The SMILES string of the molecule is Cc1cc(C)c(CN2CCNCC2)c(Cn2ccc(C)cc2=O)c1. The molecule has 0 unspecified atom stereocenters. The summed E-state index contributed by atoms with van der Waals surface area (Å²) in [5, 5.41) is 3.40. The van der Waals surface area contributed by atoms with Crippen molar-refractivity contribution in [1.82, 2.24) is 14.8 Å². The monoisotopic (exact) mass is 325 g/mol. The molecule has 1 aliphatic heterocycles. The van der Waals surface area contributed by atoms with E-state index in [1.54, 1.807) is 6.07 Å². The number of piperazine rings is 1. The van der Waals surface area contributed by atoms with E-state index < -0.39 is 0 Å². The minimum Gasteiger partial charge on any atom is -0.314 e. The molecule has 0 saturated carbocycles. The molecule has 3 rings (SSSR count). The van der Waals surface area contributed by atoms with Gasteiger partial charge in [0.15, 0.2) is 0 Å². The van der Waals surface area contributed by atoms with Gasteiger partial charge < -0.3 is 9.88 Å². The normalized spacial score (nSPS) is 15.6. The lowest BCUT2D eigenvalue weighted by atomic mass is 9.98. The molecule has 2 aromatic rings. The zero-order chi connectivity index (χ0) is 17.1. The van der Waals surface area contributed by atoms with Crippen LogP contribution in [0.25, 0.3) is 0 Å². The summed E-state index contributed by atoms with van der Waals surface area (Å²) in [5.74, 6) is 0. The molecule has 0 radical (unpaired) electrons. The van der Waals surface area contributed by atoms with Gasteiger partial charge in [0.1, 0.15) is 0 Å². The molecule has 4 nitrogen and oxygen atoms in total. The maximum atomic E-state index is 12.3. The van der Waals surface area contributed by atoms with Crippen LogP contribution in [0.5, 0.6) is 0 Å². The zero-order valence-electron chi connectivity index (χ0n) is 14.9. The van der Waals surface area contributed by atoms with Crippen LogP contribution in [-0.4, -0.2) is 35.6 Å². The van der Waals surface area contributed by atoms with Crippen molar-refractivity contribution in [3.05, 3.63) is 68.6 Å². The molecular weight excluding hydrogens is 298 g/mol. The van der Waals surface area contributed by atoms with E-state index in [0.717, 1.165) is 38.3 Å². The lowest BCUT2D eigenvalue weighted by Gasteiger charge is -2.29. The number of aryl methyl sites for hydroxylation is 3. The molecule has 4 heteroatoms. The third-order valence-electron chi connectivity index (χ3n) is 4.79. The number of pyridine rings is 1. The Morgan fingerprint density at radius 2 is 1.75 bits per heavy atom. The molecule has 1 aliphatic rings. The first-order valence-electron chi connectivity index (χ1n) is 8.72. The highest BCUT2D eigenvalue weighted by molar-refractivity contribution is 5.38. The molecule has 1 aromatic carbocycles. The molecule has 1 aromatic heterocycles. The number of nitrogens with zero attached hydrogens (tertiary/aromatic N) is 2. The van der Waals surface area contributed by atoms with Gasteiger partial charge in [-0.2, -0.15) is 0 Å². The van der Waals surface area contributed by atoms with E-state index in [-0.39, 0.29) is 5.56 Å². The van der Waals surface area contributed by atoms with Crippen molar-refractivity contribution in [2.24, 2.45) is 0 Å². The molecule has 1 fully saturated rings. The Labute approximate surface area is 144 Å². The van der Waals surface area contributed by atoms with Crippen LogP contribution in [0.1, 0.15) is 27.8 Å². The third-order valence-corrected chi connectivity index (χ3v) is 4.79. The van der Waals surface area contributed by atoms with E-state index in [1.807, 2.05) is 23.8 Å². The predicted octanol–water partition coefficient (Wildman–Crippen LogP) is 2.23. The van der Waals surface area contributed by atoms with Crippen molar-refractivity contribution in [3.63, 3.8) is 0 Å². The van der Waals surface area contributed by atoms with Gasteiger partial charge in [-0.05, 0) is 49.1 Å². The van der Waals surface area contributed by atoms with E-state index in [9.17, 15) is 4.79 Å². The summed E-state index contributed by atoms with van der Waals surface area (Å²) >= 11 is 0. The Hall–Kier alpha value is -1.91. The molecule has 1 saturated heterocycles. The zero-order valence-corrected chi connectivity index (χ0v) is 14.9. The Morgan fingerprint density at radius 1 is 1.00 bits per heavy atom. The van der Waals surface area contributed by atoms with Gasteiger partial charge in [0, 0.05) is 45.0 Å². The molecule has 0 bridgehead atoms. The van der Waals surface area contributed by atoms with Crippen LogP contribution in [0.15, 0.2) is 35.3 Å². The molecule has 0 atom stereocenters. The van der Waals surface area contributed by atoms with Crippen molar-refractivity contribution in [3.8, 4) is 0 Å². The highest BCUT2D eigenvalue weighted by Crippen LogP contribution is 2.20. The van der Waals surface area contributed by atoms with Gasteiger partial charge in [0.2, 0.25) is 0 Å². The summed E-state index contributed by atoms with van der Waals surface area (Å²) in [5.41, 5.74) is 6.29. The Balaban J connectivity index is 1.91. The first-order valence-corrected chi connectivity index (χ1v) is 8.72. The van der Waals surface area contributed by atoms with E-state index in [0.29, 0.717) is 6.54 Å². The number of nitrogens with one attached hydrogen (secondary N) is 1. The van der Waals surface area contributed by atoms with Crippen molar-refractivity contribution < 1.29 is 0 Å². The van der Waals surface area contributed by atoms with E-state index in [4.69, 9.17) is 0 Å². The molecule has 0 amide bonds. The molecule has 0 aliphatic carbocycles. The summed E-state index contributed by atoms with van der Waals surface area (Å²) in [7, 11) is 0. The third kappa shape index (κ3) is 3.94. The van der Waals surface area contributed by atoms with Gasteiger partial charge in [0.05, 0.1) is 6.54 Å². The average molecular weight is 325 g/mol. The van der Waals surface area contributed by atoms with E-state index >= 15 is 0 Å². The summed E-state index contributed by atoms with van der Waals surface area (Å²) in [6.45, 7) is 12.1. The number of rotatable bonds is 4. The molecule has 2 heterocycles. The summed E-state index contributed by atoms with van der Waals surface area (Å²) in [4.78, 5) is 14.8. The van der Waals surface area contributed by atoms with Crippen molar-refractivity contribution >= 4 is 0 Å². The molecule has 0 spiro atoms. The second-order valence-corrected chi connectivity index (χ2v) is 6.92. The molecule has 24 heavy (non-hydrogen) atoms. The van der Waals surface area contributed by atoms with Gasteiger partial charge in [-0.25, -0.2) is 0 Å². The first kappa shape index (κ1) is 16.9. The van der Waals surface area contributed by atoms with Gasteiger partial charge in [0.25, 0.3) is 5.56 Å². The minimum atomic E-state index is 0.0716. The standard InChI is InChI=1S/C20H27N3O/c1-15-4-7-23(20(24)12-15)13-18-11-16(2)10-17(3)19(18)14-22-8-5-21-6-9-22/h4,7,10-12,21H,5-6,8-9,13-14H2,1-3H3. The fraction of sp³-hybridized carbons (Fsp3) is 0.450. The molecule has 1 N–H and O–H groups in total. The highest BCUT2D eigenvalue weighted by Gasteiger charge is 2.15. The van der Waals surface area contributed by atoms with E-state index in [1.165, 1.54) is 22.3 Å². The maximum absolute atomic E-state index is 12.3. The largest absolute Gasteiger partial charge is 0.314 e. The Bertz CT molecular complexity index is 773. The number of aromatic nitrogens is 1. The van der Waals surface area contributed by atoms with Crippen LogP contribution in [0.4, 0.5) is 0 Å². The second-order valence-electron chi connectivity index (χ2n) is 6.92. The van der Waals surface area contributed by atoms with Crippen LogP contribution in [0.2, 0.25) is 0 Å². The van der Waals surface area contributed by atoms with Crippen LogP contribution in [-0.2, 0) is 13.1 Å². The molecular formula is C20H27N3O.